The largest absolute Gasteiger partial charge is 0.416 e. The lowest BCUT2D eigenvalue weighted by atomic mass is 10.0. The van der Waals surface area contributed by atoms with Crippen molar-refractivity contribution in [3.05, 3.63) is 69.2 Å². The molecule has 21 heavy (non-hydrogen) atoms. The van der Waals surface area contributed by atoms with Crippen molar-refractivity contribution >= 4 is 27.5 Å². The summed E-state index contributed by atoms with van der Waals surface area (Å²) in [5, 5.41) is -0.525. The lowest BCUT2D eigenvalue weighted by Crippen LogP contribution is -2.07. The molecule has 2 aromatic rings. The molecule has 0 saturated heterocycles. The highest BCUT2D eigenvalue weighted by atomic mass is 79.9. The first-order valence-corrected chi connectivity index (χ1v) is 7.56. The zero-order chi connectivity index (χ0) is 15.6. The quantitative estimate of drug-likeness (QED) is 0.551. The Labute approximate surface area is 135 Å². The molecule has 0 aliphatic carbocycles. The Balaban J connectivity index is 2.28. The van der Waals surface area contributed by atoms with E-state index in [0.29, 0.717) is 16.5 Å². The van der Waals surface area contributed by atoms with Crippen LogP contribution in [-0.4, -0.2) is 0 Å². The van der Waals surface area contributed by atoms with Crippen molar-refractivity contribution in [3.8, 4) is 0 Å². The molecule has 0 nitrogen and oxygen atoms in total. The van der Waals surface area contributed by atoms with E-state index in [1.807, 2.05) is 31.2 Å². The van der Waals surface area contributed by atoms with Crippen LogP contribution in [0.5, 0.6) is 0 Å². The van der Waals surface area contributed by atoms with Gasteiger partial charge in [-0.1, -0.05) is 45.8 Å². The van der Waals surface area contributed by atoms with Crippen molar-refractivity contribution in [1.82, 2.24) is 0 Å². The van der Waals surface area contributed by atoms with Gasteiger partial charge in [0.2, 0.25) is 0 Å². The fraction of sp³-hybridized carbons (Fsp3) is 0.250. The van der Waals surface area contributed by atoms with Crippen molar-refractivity contribution < 1.29 is 13.2 Å². The summed E-state index contributed by atoms with van der Waals surface area (Å²) in [5.41, 5.74) is 1.86. The second kappa shape index (κ2) is 6.41. The Morgan fingerprint density at radius 3 is 2.48 bits per heavy atom. The third-order valence-electron chi connectivity index (χ3n) is 3.16. The highest BCUT2D eigenvalue weighted by molar-refractivity contribution is 9.10. The molecule has 0 amide bonds. The van der Waals surface area contributed by atoms with E-state index in [1.165, 1.54) is 6.07 Å². The van der Waals surface area contributed by atoms with Crippen LogP contribution >= 0.6 is 27.5 Å². The van der Waals surface area contributed by atoms with Gasteiger partial charge in [0.25, 0.3) is 0 Å². The summed E-state index contributed by atoms with van der Waals surface area (Å²) in [7, 11) is 0. The minimum absolute atomic E-state index is 0.452. The fourth-order valence-corrected chi connectivity index (χ4v) is 3.13. The van der Waals surface area contributed by atoms with Crippen molar-refractivity contribution in [2.24, 2.45) is 0 Å². The molecule has 2 rings (SSSR count). The Morgan fingerprint density at radius 2 is 1.86 bits per heavy atom. The third kappa shape index (κ3) is 4.24. The van der Waals surface area contributed by atoms with Crippen LogP contribution in [-0.2, 0) is 12.6 Å². The molecule has 0 N–H and O–H groups in total. The Morgan fingerprint density at radius 1 is 1.14 bits per heavy atom. The average Bonchev–Trinajstić information content (AvgIpc) is 2.37. The number of halogens is 5. The molecule has 0 radical (unpaired) electrons. The fourth-order valence-electron chi connectivity index (χ4n) is 2.12. The minimum atomic E-state index is -4.37. The van der Waals surface area contributed by atoms with E-state index in [9.17, 15) is 13.2 Å². The molecule has 0 aromatic heterocycles. The average molecular weight is 378 g/mol. The second-order valence-corrected chi connectivity index (χ2v) is 6.28. The van der Waals surface area contributed by atoms with Crippen LogP contribution in [0.1, 0.15) is 27.6 Å². The zero-order valence-electron chi connectivity index (χ0n) is 11.2. The molecule has 0 heterocycles. The first-order valence-electron chi connectivity index (χ1n) is 6.33. The molecule has 112 valence electrons. The maximum Gasteiger partial charge on any atom is 0.416 e. The molecule has 0 spiro atoms. The number of aryl methyl sites for hydroxylation is 1. The number of alkyl halides is 4. The van der Waals surface area contributed by atoms with Crippen LogP contribution in [0.2, 0.25) is 0 Å². The van der Waals surface area contributed by atoms with E-state index in [1.54, 1.807) is 0 Å². The number of hydrogen-bond donors (Lipinski definition) is 0. The smallest absolute Gasteiger partial charge is 0.166 e. The Kier molecular flexibility index (Phi) is 4.99. The minimum Gasteiger partial charge on any atom is -0.166 e. The second-order valence-electron chi connectivity index (χ2n) is 4.89. The lowest BCUT2D eigenvalue weighted by Gasteiger charge is -2.15. The van der Waals surface area contributed by atoms with Gasteiger partial charge in [-0.05, 0) is 42.7 Å². The maximum absolute atomic E-state index is 12.8. The van der Waals surface area contributed by atoms with Crippen molar-refractivity contribution in [3.63, 3.8) is 0 Å². The van der Waals surface area contributed by atoms with Crippen LogP contribution in [0, 0.1) is 6.92 Å². The summed E-state index contributed by atoms with van der Waals surface area (Å²) in [5.74, 6) is 0. The summed E-state index contributed by atoms with van der Waals surface area (Å²) in [4.78, 5) is 0. The highest BCUT2D eigenvalue weighted by Gasteiger charge is 2.31. The summed E-state index contributed by atoms with van der Waals surface area (Å²) in [6, 6.07) is 11.3. The van der Waals surface area contributed by atoms with Crippen LogP contribution in [0.15, 0.2) is 46.9 Å². The maximum atomic E-state index is 12.8. The predicted octanol–water partition coefficient (Wildman–Crippen LogP) is 6.30. The highest BCUT2D eigenvalue weighted by Crippen LogP contribution is 2.36. The first-order chi connectivity index (χ1) is 9.77. The normalized spacial score (nSPS) is 13.2. The summed E-state index contributed by atoms with van der Waals surface area (Å²) in [6.07, 6.45) is -3.89. The first kappa shape index (κ1) is 16.4. The van der Waals surface area contributed by atoms with E-state index in [0.717, 1.165) is 23.3 Å². The van der Waals surface area contributed by atoms with Crippen LogP contribution in [0.4, 0.5) is 13.2 Å². The van der Waals surface area contributed by atoms with Gasteiger partial charge in [0.05, 0.1) is 10.9 Å². The zero-order valence-corrected chi connectivity index (χ0v) is 13.6. The van der Waals surface area contributed by atoms with Gasteiger partial charge in [-0.15, -0.1) is 11.6 Å². The molecule has 0 saturated carbocycles. The van der Waals surface area contributed by atoms with E-state index >= 15 is 0 Å². The van der Waals surface area contributed by atoms with Crippen LogP contribution in [0.3, 0.4) is 0 Å². The number of benzene rings is 2. The molecule has 0 bridgehead atoms. The van der Waals surface area contributed by atoms with E-state index in [-0.39, 0.29) is 0 Å². The molecule has 1 atom stereocenters. The molecule has 5 heteroatoms. The van der Waals surface area contributed by atoms with Gasteiger partial charge in [-0.25, -0.2) is 0 Å². The molecular weight excluding hydrogens is 365 g/mol. The molecule has 1 unspecified atom stereocenters. The van der Waals surface area contributed by atoms with Gasteiger partial charge in [0, 0.05) is 4.47 Å². The predicted molar refractivity (Wildman–Crippen MR) is 82.6 cm³/mol. The van der Waals surface area contributed by atoms with Crippen molar-refractivity contribution in [2.75, 3.05) is 0 Å². The van der Waals surface area contributed by atoms with Crippen LogP contribution < -0.4 is 0 Å². The van der Waals surface area contributed by atoms with E-state index in [2.05, 4.69) is 15.9 Å². The molecule has 0 aliphatic rings. The van der Waals surface area contributed by atoms with Crippen LogP contribution in [0.25, 0.3) is 0 Å². The van der Waals surface area contributed by atoms with Gasteiger partial charge in [0.1, 0.15) is 0 Å². The van der Waals surface area contributed by atoms with Gasteiger partial charge in [0.15, 0.2) is 0 Å². The lowest BCUT2D eigenvalue weighted by molar-refractivity contribution is -0.137. The topological polar surface area (TPSA) is 0 Å². The van der Waals surface area contributed by atoms with Crippen molar-refractivity contribution in [1.29, 1.82) is 0 Å². The summed E-state index contributed by atoms with van der Waals surface area (Å²) in [6.45, 7) is 1.97. The Bertz CT molecular complexity index is 638. The molecule has 2 aromatic carbocycles. The van der Waals surface area contributed by atoms with Gasteiger partial charge < -0.3 is 0 Å². The number of hydrogen-bond acceptors (Lipinski definition) is 0. The van der Waals surface area contributed by atoms with Crippen molar-refractivity contribution in [2.45, 2.75) is 24.9 Å². The molecule has 0 fully saturated rings. The summed E-state index contributed by atoms with van der Waals surface area (Å²) >= 11 is 9.60. The van der Waals surface area contributed by atoms with Gasteiger partial charge in [-0.2, -0.15) is 13.2 Å². The Hall–Kier alpha value is -1.00. The third-order valence-corrected chi connectivity index (χ3v) is 4.27. The standard InChI is InChI=1S/C16H13BrClF3/c1-10-3-2-4-11(7-10)8-15(18)13-9-12(16(19,20)21)5-6-14(13)17/h2-7,9,15H,8H2,1H3. The molecular formula is C16H13BrClF3. The SMILES string of the molecule is Cc1cccc(CC(Cl)c2cc(C(F)(F)F)ccc2Br)c1. The summed E-state index contributed by atoms with van der Waals surface area (Å²) < 4.78 is 38.9. The number of rotatable bonds is 3. The van der Waals surface area contributed by atoms with Gasteiger partial charge >= 0.3 is 6.18 Å². The van der Waals surface area contributed by atoms with E-state index < -0.39 is 17.1 Å². The van der Waals surface area contributed by atoms with E-state index in [4.69, 9.17) is 11.6 Å². The molecule has 0 aliphatic heterocycles. The van der Waals surface area contributed by atoms with Gasteiger partial charge in [-0.3, -0.25) is 0 Å². The monoisotopic (exact) mass is 376 g/mol.